The molecular formula is C17H15ClO. The molecular weight excluding hydrogens is 256 g/mol. The third-order valence-electron chi connectivity index (χ3n) is 3.84. The fourth-order valence-corrected chi connectivity index (χ4v) is 3.00. The van der Waals surface area contributed by atoms with Crippen molar-refractivity contribution in [2.45, 2.75) is 19.3 Å². The second kappa shape index (κ2) is 5.18. The molecule has 0 spiro atoms. The summed E-state index contributed by atoms with van der Waals surface area (Å²) in [5, 5.41) is 0.758. The highest BCUT2D eigenvalue weighted by Gasteiger charge is 2.27. The highest BCUT2D eigenvalue weighted by atomic mass is 35.5. The third-order valence-corrected chi connectivity index (χ3v) is 4.21. The predicted molar refractivity (Wildman–Crippen MR) is 77.7 cm³/mol. The number of benzene rings is 2. The van der Waals surface area contributed by atoms with E-state index in [1.165, 1.54) is 5.56 Å². The van der Waals surface area contributed by atoms with Gasteiger partial charge in [0.25, 0.3) is 0 Å². The largest absolute Gasteiger partial charge is 0.294 e. The average Bonchev–Trinajstić information content (AvgIpc) is 2.44. The zero-order valence-electron chi connectivity index (χ0n) is 10.6. The first kappa shape index (κ1) is 12.4. The van der Waals surface area contributed by atoms with E-state index >= 15 is 0 Å². The number of fused-ring (bicyclic) bond motifs is 1. The molecule has 96 valence electrons. The van der Waals surface area contributed by atoms with Crippen LogP contribution in [0.15, 0.2) is 48.5 Å². The van der Waals surface area contributed by atoms with Gasteiger partial charge in [-0.2, -0.15) is 0 Å². The zero-order chi connectivity index (χ0) is 13.2. The van der Waals surface area contributed by atoms with Crippen LogP contribution in [-0.4, -0.2) is 5.78 Å². The van der Waals surface area contributed by atoms with E-state index in [0.717, 1.165) is 35.4 Å². The Hall–Kier alpha value is -1.60. The number of ketones is 1. The smallest absolute Gasteiger partial charge is 0.166 e. The number of aryl methyl sites for hydroxylation is 1. The molecule has 1 nitrogen and oxygen atoms in total. The first-order chi connectivity index (χ1) is 9.25. The van der Waals surface area contributed by atoms with Gasteiger partial charge in [-0.1, -0.05) is 54.1 Å². The number of Topliss-reactive ketones (excluding diaryl/α,β-unsaturated/α-hetero) is 1. The molecule has 19 heavy (non-hydrogen) atoms. The lowest BCUT2D eigenvalue weighted by Gasteiger charge is -2.23. The van der Waals surface area contributed by atoms with Crippen molar-refractivity contribution in [2.75, 3.05) is 0 Å². The minimum absolute atomic E-state index is 0.0646. The SMILES string of the molecule is O=C1c2ccccc2CCC1Cc1ccccc1Cl. The number of halogens is 1. The van der Waals surface area contributed by atoms with E-state index in [-0.39, 0.29) is 11.7 Å². The molecule has 0 N–H and O–H groups in total. The predicted octanol–water partition coefficient (Wildman–Crippen LogP) is 4.33. The van der Waals surface area contributed by atoms with Crippen LogP contribution in [0.3, 0.4) is 0 Å². The summed E-state index contributed by atoms with van der Waals surface area (Å²) in [6.07, 6.45) is 2.64. The highest BCUT2D eigenvalue weighted by Crippen LogP contribution is 2.29. The van der Waals surface area contributed by atoms with Crippen molar-refractivity contribution in [3.63, 3.8) is 0 Å². The van der Waals surface area contributed by atoms with Crippen LogP contribution in [0.2, 0.25) is 5.02 Å². The van der Waals surface area contributed by atoms with Gasteiger partial charge in [-0.15, -0.1) is 0 Å². The van der Waals surface area contributed by atoms with Gasteiger partial charge in [0.2, 0.25) is 0 Å². The van der Waals surface area contributed by atoms with E-state index in [2.05, 4.69) is 6.07 Å². The van der Waals surface area contributed by atoms with Crippen molar-refractivity contribution in [1.82, 2.24) is 0 Å². The van der Waals surface area contributed by atoms with Gasteiger partial charge in [-0.05, 0) is 36.5 Å². The topological polar surface area (TPSA) is 17.1 Å². The molecule has 0 radical (unpaired) electrons. The third kappa shape index (κ3) is 2.43. The molecule has 2 aromatic carbocycles. The van der Waals surface area contributed by atoms with Gasteiger partial charge in [0.05, 0.1) is 0 Å². The van der Waals surface area contributed by atoms with Crippen LogP contribution in [0.1, 0.15) is 27.9 Å². The number of rotatable bonds is 2. The lowest BCUT2D eigenvalue weighted by Crippen LogP contribution is -2.24. The maximum Gasteiger partial charge on any atom is 0.166 e. The molecule has 1 aliphatic rings. The minimum atomic E-state index is 0.0646. The molecule has 0 bridgehead atoms. The van der Waals surface area contributed by atoms with Crippen molar-refractivity contribution in [1.29, 1.82) is 0 Å². The Morgan fingerprint density at radius 1 is 1.05 bits per heavy atom. The normalized spacial score (nSPS) is 18.2. The Morgan fingerprint density at radius 3 is 2.63 bits per heavy atom. The molecule has 1 atom stereocenters. The van der Waals surface area contributed by atoms with Gasteiger partial charge in [0.15, 0.2) is 5.78 Å². The van der Waals surface area contributed by atoms with E-state index in [1.807, 2.05) is 42.5 Å². The molecule has 0 aromatic heterocycles. The summed E-state index contributed by atoms with van der Waals surface area (Å²) in [7, 11) is 0. The molecule has 1 unspecified atom stereocenters. The molecule has 1 aliphatic carbocycles. The van der Waals surface area contributed by atoms with Gasteiger partial charge in [-0.3, -0.25) is 4.79 Å². The molecule has 0 amide bonds. The average molecular weight is 271 g/mol. The second-order valence-corrected chi connectivity index (χ2v) is 5.46. The van der Waals surface area contributed by atoms with Gasteiger partial charge < -0.3 is 0 Å². The lowest BCUT2D eigenvalue weighted by molar-refractivity contribution is 0.0901. The summed E-state index contributed by atoms with van der Waals surface area (Å²) in [6.45, 7) is 0. The van der Waals surface area contributed by atoms with Crippen molar-refractivity contribution in [3.8, 4) is 0 Å². The Balaban J connectivity index is 1.85. The summed E-state index contributed by atoms with van der Waals surface area (Å²) in [6, 6.07) is 15.7. The highest BCUT2D eigenvalue weighted by molar-refractivity contribution is 6.31. The van der Waals surface area contributed by atoms with Crippen LogP contribution in [0.25, 0.3) is 0 Å². The Labute approximate surface area is 118 Å². The van der Waals surface area contributed by atoms with Crippen molar-refractivity contribution >= 4 is 17.4 Å². The van der Waals surface area contributed by atoms with Crippen LogP contribution in [0.5, 0.6) is 0 Å². The molecule has 0 saturated carbocycles. The maximum absolute atomic E-state index is 12.5. The quantitative estimate of drug-likeness (QED) is 0.794. The summed E-state index contributed by atoms with van der Waals surface area (Å²) in [5.41, 5.74) is 3.15. The van der Waals surface area contributed by atoms with Gasteiger partial charge in [0.1, 0.15) is 0 Å². The van der Waals surface area contributed by atoms with E-state index < -0.39 is 0 Å². The first-order valence-corrected chi connectivity index (χ1v) is 6.99. The zero-order valence-corrected chi connectivity index (χ0v) is 11.4. The minimum Gasteiger partial charge on any atom is -0.294 e. The van der Waals surface area contributed by atoms with Crippen molar-refractivity contribution in [3.05, 3.63) is 70.2 Å². The summed E-state index contributed by atoms with van der Waals surface area (Å²) in [4.78, 5) is 12.5. The molecule has 2 aromatic rings. The first-order valence-electron chi connectivity index (χ1n) is 6.61. The maximum atomic E-state index is 12.5. The van der Waals surface area contributed by atoms with Crippen LogP contribution in [0, 0.1) is 5.92 Å². The fraction of sp³-hybridized carbons (Fsp3) is 0.235. The van der Waals surface area contributed by atoms with E-state index in [9.17, 15) is 4.79 Å². The van der Waals surface area contributed by atoms with E-state index in [4.69, 9.17) is 11.6 Å². The Bertz CT molecular complexity index is 618. The number of carbonyl (C=O) groups is 1. The molecule has 2 heteroatoms. The lowest BCUT2D eigenvalue weighted by atomic mass is 9.80. The van der Waals surface area contributed by atoms with Crippen LogP contribution in [-0.2, 0) is 12.8 Å². The van der Waals surface area contributed by atoms with E-state index in [0.29, 0.717) is 0 Å². The van der Waals surface area contributed by atoms with Crippen LogP contribution in [0.4, 0.5) is 0 Å². The fourth-order valence-electron chi connectivity index (χ4n) is 2.78. The summed E-state index contributed by atoms with van der Waals surface area (Å²) < 4.78 is 0. The van der Waals surface area contributed by atoms with Gasteiger partial charge in [-0.25, -0.2) is 0 Å². The molecule has 0 saturated heterocycles. The van der Waals surface area contributed by atoms with Crippen molar-refractivity contribution in [2.24, 2.45) is 5.92 Å². The number of hydrogen-bond acceptors (Lipinski definition) is 1. The number of hydrogen-bond donors (Lipinski definition) is 0. The summed E-state index contributed by atoms with van der Waals surface area (Å²) >= 11 is 6.18. The molecule has 3 rings (SSSR count). The van der Waals surface area contributed by atoms with Crippen molar-refractivity contribution < 1.29 is 4.79 Å². The molecule has 0 aliphatic heterocycles. The second-order valence-electron chi connectivity index (χ2n) is 5.05. The standard InChI is InChI=1S/C17H15ClO/c18-16-8-4-2-6-13(16)11-14-10-9-12-5-1-3-7-15(12)17(14)19/h1-8,14H,9-11H2. The Morgan fingerprint density at radius 2 is 1.79 bits per heavy atom. The van der Waals surface area contributed by atoms with Gasteiger partial charge >= 0.3 is 0 Å². The molecule has 0 fully saturated rings. The number of carbonyl (C=O) groups excluding carboxylic acids is 1. The van der Waals surface area contributed by atoms with E-state index in [1.54, 1.807) is 0 Å². The monoisotopic (exact) mass is 270 g/mol. The Kier molecular flexibility index (Phi) is 3.39. The van der Waals surface area contributed by atoms with Crippen LogP contribution < -0.4 is 0 Å². The molecule has 0 heterocycles. The van der Waals surface area contributed by atoms with Gasteiger partial charge in [0, 0.05) is 16.5 Å². The summed E-state index contributed by atoms with van der Waals surface area (Å²) in [5.74, 6) is 0.330. The van der Waals surface area contributed by atoms with Crippen LogP contribution >= 0.6 is 11.6 Å².